The van der Waals surface area contributed by atoms with Gasteiger partial charge in [0, 0.05) is 18.3 Å². The zero-order valence-electron chi connectivity index (χ0n) is 10.2. The number of nitrogens with one attached hydrogen (secondary N) is 1. The van der Waals surface area contributed by atoms with Gasteiger partial charge >= 0.3 is 0 Å². The Balaban J connectivity index is 2.03. The maximum absolute atomic E-state index is 8.84. The summed E-state index contributed by atoms with van der Waals surface area (Å²) < 4.78 is 1.67. The standard InChI is InChI=1S/C13H13ClN4O/c14-12-2-1-10(6-15)5-13(12)16-7-11-8-17-18(9-11)3-4-19/h1-2,5,8-9,16,19H,3-4,7H2. The first-order chi connectivity index (χ1) is 9.22. The van der Waals surface area contributed by atoms with Gasteiger partial charge in [0.1, 0.15) is 0 Å². The van der Waals surface area contributed by atoms with Crippen LogP contribution in [0.25, 0.3) is 0 Å². The summed E-state index contributed by atoms with van der Waals surface area (Å²) in [5, 5.41) is 25.5. The Kier molecular flexibility index (Phi) is 4.39. The summed E-state index contributed by atoms with van der Waals surface area (Å²) >= 11 is 6.05. The summed E-state index contributed by atoms with van der Waals surface area (Å²) in [6.07, 6.45) is 3.58. The third-order valence-corrected chi connectivity index (χ3v) is 2.92. The van der Waals surface area contributed by atoms with Crippen molar-refractivity contribution in [3.05, 3.63) is 46.7 Å². The molecule has 98 valence electrons. The molecular weight excluding hydrogens is 264 g/mol. The number of hydrogen-bond acceptors (Lipinski definition) is 4. The second-order valence-corrected chi connectivity index (χ2v) is 4.40. The maximum atomic E-state index is 8.84. The topological polar surface area (TPSA) is 73.9 Å². The fourth-order valence-electron chi connectivity index (χ4n) is 1.65. The molecule has 0 aliphatic carbocycles. The molecule has 0 aliphatic heterocycles. The highest BCUT2D eigenvalue weighted by Gasteiger charge is 2.03. The lowest BCUT2D eigenvalue weighted by atomic mass is 10.2. The number of halogens is 1. The van der Waals surface area contributed by atoms with Crippen LogP contribution in [-0.4, -0.2) is 21.5 Å². The van der Waals surface area contributed by atoms with Crippen LogP contribution in [0.1, 0.15) is 11.1 Å². The summed E-state index contributed by atoms with van der Waals surface area (Å²) in [6, 6.07) is 7.15. The Morgan fingerprint density at radius 2 is 2.32 bits per heavy atom. The minimum atomic E-state index is 0.0601. The molecule has 0 saturated heterocycles. The van der Waals surface area contributed by atoms with Gasteiger partial charge < -0.3 is 10.4 Å². The maximum Gasteiger partial charge on any atom is 0.0992 e. The number of rotatable bonds is 5. The lowest BCUT2D eigenvalue weighted by molar-refractivity contribution is 0.269. The molecule has 19 heavy (non-hydrogen) atoms. The van der Waals surface area contributed by atoms with Crippen molar-refractivity contribution in [1.82, 2.24) is 9.78 Å². The molecule has 2 N–H and O–H groups in total. The van der Waals surface area contributed by atoms with Gasteiger partial charge in [0.05, 0.1) is 41.7 Å². The van der Waals surface area contributed by atoms with Crippen molar-refractivity contribution in [1.29, 1.82) is 5.26 Å². The molecule has 0 atom stereocenters. The lowest BCUT2D eigenvalue weighted by Crippen LogP contribution is -2.02. The number of anilines is 1. The number of aliphatic hydroxyl groups is 1. The highest BCUT2D eigenvalue weighted by Crippen LogP contribution is 2.23. The van der Waals surface area contributed by atoms with Gasteiger partial charge in [0.25, 0.3) is 0 Å². The normalized spacial score (nSPS) is 10.2. The van der Waals surface area contributed by atoms with Gasteiger partial charge in [-0.2, -0.15) is 10.4 Å². The quantitative estimate of drug-likeness (QED) is 0.876. The van der Waals surface area contributed by atoms with Crippen molar-refractivity contribution in [2.24, 2.45) is 0 Å². The Labute approximate surface area is 116 Å². The molecule has 2 aromatic rings. The predicted octanol–water partition coefficient (Wildman–Crippen LogP) is 2.01. The summed E-state index contributed by atoms with van der Waals surface area (Å²) in [7, 11) is 0. The number of aromatic nitrogens is 2. The third kappa shape index (κ3) is 3.47. The molecule has 6 heteroatoms. The fourth-order valence-corrected chi connectivity index (χ4v) is 1.83. The van der Waals surface area contributed by atoms with Gasteiger partial charge in [-0.05, 0) is 18.2 Å². The first kappa shape index (κ1) is 13.4. The Bertz CT molecular complexity index is 603. The largest absolute Gasteiger partial charge is 0.394 e. The second-order valence-electron chi connectivity index (χ2n) is 4.00. The minimum absolute atomic E-state index is 0.0601. The van der Waals surface area contributed by atoms with E-state index in [1.165, 1.54) is 0 Å². The van der Waals surface area contributed by atoms with Crippen molar-refractivity contribution < 1.29 is 5.11 Å². The van der Waals surface area contributed by atoms with E-state index in [0.717, 1.165) is 11.3 Å². The SMILES string of the molecule is N#Cc1ccc(Cl)c(NCc2cnn(CCO)c2)c1. The number of benzene rings is 1. The van der Waals surface area contributed by atoms with Gasteiger partial charge in [-0.1, -0.05) is 11.6 Å². The average Bonchev–Trinajstić information content (AvgIpc) is 2.86. The minimum Gasteiger partial charge on any atom is -0.394 e. The molecule has 0 spiro atoms. The molecule has 5 nitrogen and oxygen atoms in total. The van der Waals surface area contributed by atoms with E-state index in [-0.39, 0.29) is 6.61 Å². The molecule has 1 aromatic carbocycles. The van der Waals surface area contributed by atoms with Crippen LogP contribution in [0.15, 0.2) is 30.6 Å². The van der Waals surface area contributed by atoms with Crippen molar-refractivity contribution >= 4 is 17.3 Å². The summed E-state index contributed by atoms with van der Waals surface area (Å²) in [6.45, 7) is 1.09. The van der Waals surface area contributed by atoms with E-state index < -0.39 is 0 Å². The Morgan fingerprint density at radius 3 is 3.05 bits per heavy atom. The molecule has 0 saturated carbocycles. The van der Waals surface area contributed by atoms with Crippen molar-refractivity contribution in [2.45, 2.75) is 13.1 Å². The fraction of sp³-hybridized carbons (Fsp3) is 0.231. The van der Waals surface area contributed by atoms with Crippen LogP contribution in [-0.2, 0) is 13.1 Å². The van der Waals surface area contributed by atoms with Gasteiger partial charge in [-0.25, -0.2) is 0 Å². The Hall–Kier alpha value is -2.03. The smallest absolute Gasteiger partial charge is 0.0992 e. The van der Waals surface area contributed by atoms with Crippen molar-refractivity contribution in [2.75, 3.05) is 11.9 Å². The number of nitriles is 1. The van der Waals surface area contributed by atoms with Gasteiger partial charge in [-0.15, -0.1) is 0 Å². The monoisotopic (exact) mass is 276 g/mol. The molecule has 1 aromatic heterocycles. The van der Waals surface area contributed by atoms with E-state index in [1.54, 1.807) is 29.1 Å². The average molecular weight is 277 g/mol. The number of nitrogens with zero attached hydrogens (tertiary/aromatic N) is 3. The number of aliphatic hydroxyl groups excluding tert-OH is 1. The van der Waals surface area contributed by atoms with Gasteiger partial charge in [-0.3, -0.25) is 4.68 Å². The van der Waals surface area contributed by atoms with E-state index in [9.17, 15) is 0 Å². The van der Waals surface area contributed by atoms with E-state index in [4.69, 9.17) is 22.0 Å². The summed E-state index contributed by atoms with van der Waals surface area (Å²) in [4.78, 5) is 0. The highest BCUT2D eigenvalue weighted by atomic mass is 35.5. The van der Waals surface area contributed by atoms with E-state index in [0.29, 0.717) is 23.7 Å². The predicted molar refractivity (Wildman–Crippen MR) is 72.8 cm³/mol. The molecule has 0 unspecified atom stereocenters. The molecule has 0 aliphatic rings. The first-order valence-electron chi connectivity index (χ1n) is 5.78. The lowest BCUT2D eigenvalue weighted by Gasteiger charge is -2.07. The molecular formula is C13H13ClN4O. The third-order valence-electron chi connectivity index (χ3n) is 2.59. The van der Waals surface area contributed by atoms with Crippen LogP contribution in [0.4, 0.5) is 5.69 Å². The highest BCUT2D eigenvalue weighted by molar-refractivity contribution is 6.33. The molecule has 0 bridgehead atoms. The van der Waals surface area contributed by atoms with E-state index in [2.05, 4.69) is 16.5 Å². The second kappa shape index (κ2) is 6.23. The molecule has 0 radical (unpaired) electrons. The molecule has 2 rings (SSSR count). The van der Waals surface area contributed by atoms with Gasteiger partial charge in [0.2, 0.25) is 0 Å². The van der Waals surface area contributed by atoms with Crippen LogP contribution < -0.4 is 5.32 Å². The van der Waals surface area contributed by atoms with E-state index in [1.807, 2.05) is 6.20 Å². The van der Waals surface area contributed by atoms with Crippen LogP contribution in [0.5, 0.6) is 0 Å². The summed E-state index contributed by atoms with van der Waals surface area (Å²) in [5.41, 5.74) is 2.25. The molecule has 0 amide bonds. The molecule has 0 fully saturated rings. The first-order valence-corrected chi connectivity index (χ1v) is 6.16. The van der Waals surface area contributed by atoms with Crippen molar-refractivity contribution in [3.8, 4) is 6.07 Å². The zero-order valence-corrected chi connectivity index (χ0v) is 10.9. The van der Waals surface area contributed by atoms with Crippen LogP contribution >= 0.6 is 11.6 Å². The van der Waals surface area contributed by atoms with Crippen LogP contribution in [0.3, 0.4) is 0 Å². The van der Waals surface area contributed by atoms with Crippen molar-refractivity contribution in [3.63, 3.8) is 0 Å². The van der Waals surface area contributed by atoms with Gasteiger partial charge in [0.15, 0.2) is 0 Å². The molecule has 1 heterocycles. The Morgan fingerprint density at radius 1 is 1.47 bits per heavy atom. The zero-order chi connectivity index (χ0) is 13.7. The van der Waals surface area contributed by atoms with E-state index >= 15 is 0 Å². The van der Waals surface area contributed by atoms with Crippen LogP contribution in [0, 0.1) is 11.3 Å². The number of hydrogen-bond donors (Lipinski definition) is 2. The summed E-state index contributed by atoms with van der Waals surface area (Å²) in [5.74, 6) is 0. The van der Waals surface area contributed by atoms with Crippen LogP contribution in [0.2, 0.25) is 5.02 Å².